The number of rotatable bonds is 11. The van der Waals surface area contributed by atoms with Gasteiger partial charge in [0.05, 0.1) is 4.88 Å². The zero-order chi connectivity index (χ0) is 18.1. The fraction of sp³-hybridized carbons (Fsp3) is 0.667. The summed E-state index contributed by atoms with van der Waals surface area (Å²) in [4.78, 5) is 16.3. The van der Waals surface area contributed by atoms with Gasteiger partial charge in [-0.1, -0.05) is 52.4 Å². The molecule has 2 rings (SSSR count). The van der Waals surface area contributed by atoms with Crippen molar-refractivity contribution in [3.8, 4) is 10.7 Å². The molecule has 0 amide bonds. The molecule has 0 spiro atoms. The van der Waals surface area contributed by atoms with Gasteiger partial charge in [-0.2, -0.15) is 0 Å². The molecule has 0 N–H and O–H groups in total. The Morgan fingerprint density at radius 3 is 1.96 bits per heavy atom. The van der Waals surface area contributed by atoms with Crippen LogP contribution in [0, 0.1) is 13.8 Å². The summed E-state index contributed by atoms with van der Waals surface area (Å²) in [6, 6.07) is 2.42. The Morgan fingerprint density at radius 2 is 1.36 bits per heavy atom. The molecule has 2 aromatic heterocycles. The molecule has 138 valence electrons. The average molecular weight is 360 g/mol. The van der Waals surface area contributed by atoms with Gasteiger partial charge in [0, 0.05) is 4.88 Å². The van der Waals surface area contributed by atoms with Gasteiger partial charge in [-0.15, -0.1) is 11.3 Å². The molecule has 2 heterocycles. The van der Waals surface area contributed by atoms with Crippen LogP contribution >= 0.6 is 11.3 Å². The van der Waals surface area contributed by atoms with E-state index in [9.17, 15) is 0 Å². The van der Waals surface area contributed by atoms with Crippen LogP contribution < -0.4 is 0 Å². The molecular weight excluding hydrogens is 326 g/mol. The molecule has 0 aliphatic rings. The van der Waals surface area contributed by atoms with Gasteiger partial charge in [0.2, 0.25) is 0 Å². The van der Waals surface area contributed by atoms with Crippen molar-refractivity contribution < 1.29 is 0 Å². The Labute approximate surface area is 157 Å². The highest BCUT2D eigenvalue weighted by atomic mass is 32.1. The summed E-state index contributed by atoms with van der Waals surface area (Å²) in [7, 11) is 0. The standard InChI is InChI=1S/C21H33N3S/c1-5-7-9-11-13-18-15-19(14-12-10-8-6-2)25-20(18)21-23-16(3)22-17(4)24-21/h15H,5-14H2,1-4H3. The second kappa shape index (κ2) is 10.6. The Hall–Kier alpha value is -1.29. The third kappa shape index (κ3) is 6.50. The molecule has 25 heavy (non-hydrogen) atoms. The number of nitrogens with zero attached hydrogens (tertiary/aromatic N) is 3. The minimum Gasteiger partial charge on any atom is -0.219 e. The molecule has 3 nitrogen and oxygen atoms in total. The lowest BCUT2D eigenvalue weighted by molar-refractivity contribution is 0.665. The zero-order valence-electron chi connectivity index (χ0n) is 16.4. The summed E-state index contributed by atoms with van der Waals surface area (Å²) < 4.78 is 0. The second-order valence-electron chi connectivity index (χ2n) is 6.94. The van der Waals surface area contributed by atoms with Crippen LogP contribution in [0.4, 0.5) is 0 Å². The van der Waals surface area contributed by atoms with Crippen molar-refractivity contribution in [2.24, 2.45) is 0 Å². The van der Waals surface area contributed by atoms with E-state index in [1.807, 2.05) is 25.2 Å². The van der Waals surface area contributed by atoms with E-state index in [1.54, 1.807) is 0 Å². The molecule has 2 aromatic rings. The van der Waals surface area contributed by atoms with Crippen LogP contribution in [0.3, 0.4) is 0 Å². The number of unbranched alkanes of at least 4 members (excludes halogenated alkanes) is 6. The molecule has 0 saturated carbocycles. The monoisotopic (exact) mass is 359 g/mol. The Morgan fingerprint density at radius 1 is 0.760 bits per heavy atom. The van der Waals surface area contributed by atoms with E-state index in [-0.39, 0.29) is 0 Å². The highest BCUT2D eigenvalue weighted by Gasteiger charge is 2.14. The third-order valence-electron chi connectivity index (χ3n) is 4.50. The average Bonchev–Trinajstić information content (AvgIpc) is 2.98. The van der Waals surface area contributed by atoms with Gasteiger partial charge in [-0.05, 0) is 51.2 Å². The van der Waals surface area contributed by atoms with Gasteiger partial charge in [-0.3, -0.25) is 0 Å². The normalized spacial score (nSPS) is 11.2. The van der Waals surface area contributed by atoms with Crippen molar-refractivity contribution in [2.45, 2.75) is 91.9 Å². The maximum atomic E-state index is 4.62. The summed E-state index contributed by atoms with van der Waals surface area (Å²) in [5.41, 5.74) is 1.44. The second-order valence-corrected chi connectivity index (χ2v) is 8.08. The lowest BCUT2D eigenvalue weighted by atomic mass is 10.1. The Bertz CT molecular complexity index is 628. The van der Waals surface area contributed by atoms with Gasteiger partial charge >= 0.3 is 0 Å². The van der Waals surface area contributed by atoms with E-state index >= 15 is 0 Å². The summed E-state index contributed by atoms with van der Waals surface area (Å²) in [5, 5.41) is 0. The van der Waals surface area contributed by atoms with Gasteiger partial charge < -0.3 is 0 Å². The summed E-state index contributed by atoms with van der Waals surface area (Å²) in [6.45, 7) is 8.45. The summed E-state index contributed by atoms with van der Waals surface area (Å²) in [6.07, 6.45) is 12.8. The van der Waals surface area contributed by atoms with Crippen LogP contribution in [0.25, 0.3) is 10.7 Å². The summed E-state index contributed by atoms with van der Waals surface area (Å²) >= 11 is 1.90. The molecule has 0 radical (unpaired) electrons. The third-order valence-corrected chi connectivity index (χ3v) is 5.73. The lowest BCUT2D eigenvalue weighted by Crippen LogP contribution is -1.99. The largest absolute Gasteiger partial charge is 0.219 e. The number of aryl methyl sites for hydroxylation is 4. The van der Waals surface area contributed by atoms with E-state index in [4.69, 9.17) is 0 Å². The minimum atomic E-state index is 0.817. The first-order chi connectivity index (χ1) is 12.1. The Kier molecular flexibility index (Phi) is 8.53. The fourth-order valence-electron chi connectivity index (χ4n) is 3.17. The smallest absolute Gasteiger partial charge is 0.173 e. The first-order valence-corrected chi connectivity index (χ1v) is 10.8. The lowest BCUT2D eigenvalue weighted by Gasteiger charge is -2.04. The molecule has 4 heteroatoms. The highest BCUT2D eigenvalue weighted by molar-refractivity contribution is 7.15. The molecule has 0 saturated heterocycles. The quantitative estimate of drug-likeness (QED) is 0.432. The number of hydrogen-bond donors (Lipinski definition) is 0. The van der Waals surface area contributed by atoms with Crippen molar-refractivity contribution in [2.75, 3.05) is 0 Å². The predicted octanol–water partition coefficient (Wildman–Crippen LogP) is 6.46. The van der Waals surface area contributed by atoms with E-state index in [2.05, 4.69) is 34.9 Å². The maximum Gasteiger partial charge on any atom is 0.173 e. The molecule has 0 aliphatic carbocycles. The molecule has 0 bridgehead atoms. The van der Waals surface area contributed by atoms with Gasteiger partial charge in [0.1, 0.15) is 11.6 Å². The molecule has 0 atom stereocenters. The van der Waals surface area contributed by atoms with Crippen LogP contribution in [-0.2, 0) is 12.8 Å². The van der Waals surface area contributed by atoms with Crippen molar-refractivity contribution >= 4 is 11.3 Å². The van der Waals surface area contributed by atoms with Gasteiger partial charge in [-0.25, -0.2) is 15.0 Å². The van der Waals surface area contributed by atoms with Crippen molar-refractivity contribution in [1.29, 1.82) is 0 Å². The predicted molar refractivity (Wildman–Crippen MR) is 108 cm³/mol. The SMILES string of the molecule is CCCCCCc1cc(CCCCCC)c(-c2nc(C)nc(C)n2)s1. The number of hydrogen-bond acceptors (Lipinski definition) is 4. The first-order valence-electron chi connectivity index (χ1n) is 9.95. The van der Waals surface area contributed by atoms with Crippen LogP contribution in [0.5, 0.6) is 0 Å². The topological polar surface area (TPSA) is 38.7 Å². The fourth-order valence-corrected chi connectivity index (χ4v) is 4.35. The first kappa shape index (κ1) is 20.0. The maximum absolute atomic E-state index is 4.62. The molecule has 0 aliphatic heterocycles. The zero-order valence-corrected chi connectivity index (χ0v) is 17.2. The highest BCUT2D eigenvalue weighted by Crippen LogP contribution is 2.33. The molecule has 0 fully saturated rings. The van der Waals surface area contributed by atoms with E-state index < -0.39 is 0 Å². The van der Waals surface area contributed by atoms with Gasteiger partial charge in [0.15, 0.2) is 5.82 Å². The van der Waals surface area contributed by atoms with E-state index in [0.29, 0.717) is 0 Å². The van der Waals surface area contributed by atoms with Crippen molar-refractivity contribution in [1.82, 2.24) is 15.0 Å². The van der Waals surface area contributed by atoms with Crippen molar-refractivity contribution in [3.05, 3.63) is 28.2 Å². The summed E-state index contributed by atoms with van der Waals surface area (Å²) in [5.74, 6) is 2.51. The van der Waals surface area contributed by atoms with Crippen LogP contribution in [0.1, 0.15) is 87.3 Å². The number of thiophene rings is 1. The Balaban J connectivity index is 2.16. The number of aromatic nitrogens is 3. The van der Waals surface area contributed by atoms with Crippen LogP contribution in [-0.4, -0.2) is 15.0 Å². The van der Waals surface area contributed by atoms with Crippen LogP contribution in [0.15, 0.2) is 6.07 Å². The van der Waals surface area contributed by atoms with E-state index in [1.165, 1.54) is 73.1 Å². The molecule has 0 unspecified atom stereocenters. The molecule has 0 aromatic carbocycles. The van der Waals surface area contributed by atoms with Crippen LogP contribution in [0.2, 0.25) is 0 Å². The minimum absolute atomic E-state index is 0.817. The van der Waals surface area contributed by atoms with E-state index in [0.717, 1.165) is 23.9 Å². The van der Waals surface area contributed by atoms with Crippen molar-refractivity contribution in [3.63, 3.8) is 0 Å². The molecular formula is C21H33N3S. The van der Waals surface area contributed by atoms with Gasteiger partial charge in [0.25, 0.3) is 0 Å².